The summed E-state index contributed by atoms with van der Waals surface area (Å²) in [4.78, 5) is 0. The Morgan fingerprint density at radius 3 is 2.67 bits per heavy atom. The van der Waals surface area contributed by atoms with Crippen molar-refractivity contribution >= 4 is 11.8 Å². The quantitative estimate of drug-likeness (QED) is 0.564. The van der Waals surface area contributed by atoms with Gasteiger partial charge in [-0.15, -0.1) is 0 Å². The number of thioether (sulfide) groups is 1. The Bertz CT molecular complexity index is 93.6. The summed E-state index contributed by atoms with van der Waals surface area (Å²) in [6.07, 6.45) is 1.75. The van der Waals surface area contributed by atoms with Crippen molar-refractivity contribution in [3.05, 3.63) is 0 Å². The van der Waals surface area contributed by atoms with Crippen LogP contribution in [0.2, 0.25) is 0 Å². The summed E-state index contributed by atoms with van der Waals surface area (Å²) in [7, 11) is 0. The molecular weight excluding hydrogens is 130 g/mol. The van der Waals surface area contributed by atoms with E-state index >= 15 is 0 Å². The number of hydrogen-bond acceptors (Lipinski definition) is 2. The highest BCUT2D eigenvalue weighted by Crippen LogP contribution is 2.10. The second-order valence-electron chi connectivity index (χ2n) is 2.18. The molecule has 0 aromatic rings. The monoisotopic (exact) mass is 143 g/mol. The van der Waals surface area contributed by atoms with Crippen molar-refractivity contribution in [2.45, 2.75) is 31.9 Å². The van der Waals surface area contributed by atoms with E-state index in [0.717, 1.165) is 12.2 Å². The van der Waals surface area contributed by atoms with Crippen LogP contribution in [0, 0.1) is 11.3 Å². The maximum atomic E-state index is 8.17. The van der Waals surface area contributed by atoms with Crippen molar-refractivity contribution in [3.63, 3.8) is 0 Å². The smallest absolute Gasteiger partial charge is 0.0622 e. The minimum absolute atomic E-state index is 0.708. The zero-order chi connectivity index (χ0) is 7.11. The predicted molar refractivity (Wildman–Crippen MR) is 42.4 cm³/mol. The molecule has 0 rings (SSSR count). The fraction of sp³-hybridized carbons (Fsp3) is 0.857. The summed E-state index contributed by atoms with van der Waals surface area (Å²) >= 11 is 1.92. The number of nitrogens with zero attached hydrogens (tertiary/aromatic N) is 1. The van der Waals surface area contributed by atoms with Gasteiger partial charge in [0.2, 0.25) is 0 Å². The van der Waals surface area contributed by atoms with Crippen molar-refractivity contribution in [1.82, 2.24) is 0 Å². The van der Waals surface area contributed by atoms with Gasteiger partial charge in [0, 0.05) is 6.42 Å². The first-order valence-electron chi connectivity index (χ1n) is 3.26. The van der Waals surface area contributed by atoms with Crippen LogP contribution in [-0.4, -0.2) is 11.0 Å². The van der Waals surface area contributed by atoms with Crippen LogP contribution in [0.4, 0.5) is 0 Å². The van der Waals surface area contributed by atoms with E-state index in [-0.39, 0.29) is 0 Å². The Hall–Kier alpha value is -0.160. The van der Waals surface area contributed by atoms with Crippen LogP contribution >= 0.6 is 11.8 Å². The number of rotatable bonds is 4. The fourth-order valence-corrected chi connectivity index (χ4v) is 1.25. The van der Waals surface area contributed by atoms with Crippen LogP contribution in [0.15, 0.2) is 0 Å². The molecule has 0 saturated carbocycles. The number of nitriles is 1. The normalized spacial score (nSPS) is 9.56. The fourth-order valence-electron chi connectivity index (χ4n) is 0.470. The van der Waals surface area contributed by atoms with Gasteiger partial charge in [0.05, 0.1) is 6.07 Å². The highest BCUT2D eigenvalue weighted by molar-refractivity contribution is 7.99. The molecule has 0 unspecified atom stereocenters. The van der Waals surface area contributed by atoms with Gasteiger partial charge in [-0.25, -0.2) is 0 Å². The molecule has 1 nitrogen and oxygen atoms in total. The zero-order valence-electron chi connectivity index (χ0n) is 6.05. The van der Waals surface area contributed by atoms with E-state index in [1.54, 1.807) is 0 Å². The molecule has 2 heteroatoms. The molecule has 0 N–H and O–H groups in total. The molecule has 0 aliphatic rings. The van der Waals surface area contributed by atoms with Crippen LogP contribution in [0.5, 0.6) is 0 Å². The molecule has 0 aliphatic heterocycles. The number of unbranched alkanes of at least 4 members (excludes halogenated alkanes) is 1. The van der Waals surface area contributed by atoms with Gasteiger partial charge in [-0.1, -0.05) is 13.8 Å². The topological polar surface area (TPSA) is 23.8 Å². The molecule has 0 fully saturated rings. The van der Waals surface area contributed by atoms with Gasteiger partial charge in [-0.2, -0.15) is 17.0 Å². The zero-order valence-corrected chi connectivity index (χ0v) is 6.87. The van der Waals surface area contributed by atoms with E-state index in [9.17, 15) is 0 Å². The van der Waals surface area contributed by atoms with Gasteiger partial charge in [0.15, 0.2) is 0 Å². The molecular formula is C7H13NS. The first kappa shape index (κ1) is 8.84. The summed E-state index contributed by atoms with van der Waals surface area (Å²) < 4.78 is 0. The summed E-state index contributed by atoms with van der Waals surface area (Å²) in [6, 6.07) is 2.13. The molecule has 0 saturated heterocycles. The predicted octanol–water partition coefficient (Wildman–Crippen LogP) is 2.43. The van der Waals surface area contributed by atoms with Crippen molar-refractivity contribution in [3.8, 4) is 6.07 Å². The van der Waals surface area contributed by atoms with Crippen LogP contribution in [0.1, 0.15) is 26.7 Å². The van der Waals surface area contributed by atoms with Crippen molar-refractivity contribution in [1.29, 1.82) is 5.26 Å². The average Bonchev–Trinajstić information content (AvgIpc) is 1.80. The standard InChI is InChI=1S/C7H13NS/c1-7(2)9-6-4-3-5-8/h7H,3-4,6H2,1-2H3. The first-order valence-corrected chi connectivity index (χ1v) is 4.30. The van der Waals surface area contributed by atoms with E-state index in [1.807, 2.05) is 11.8 Å². The molecule has 52 valence electrons. The maximum Gasteiger partial charge on any atom is 0.0622 e. The largest absolute Gasteiger partial charge is 0.198 e. The average molecular weight is 143 g/mol. The van der Waals surface area contributed by atoms with E-state index in [0.29, 0.717) is 11.7 Å². The van der Waals surface area contributed by atoms with E-state index < -0.39 is 0 Å². The van der Waals surface area contributed by atoms with Crippen molar-refractivity contribution in [2.75, 3.05) is 5.75 Å². The molecule has 0 amide bonds. The molecule has 9 heavy (non-hydrogen) atoms. The minimum Gasteiger partial charge on any atom is -0.198 e. The maximum absolute atomic E-state index is 8.17. The van der Waals surface area contributed by atoms with Crippen molar-refractivity contribution in [2.24, 2.45) is 0 Å². The minimum atomic E-state index is 0.708. The van der Waals surface area contributed by atoms with Crippen molar-refractivity contribution < 1.29 is 0 Å². The summed E-state index contributed by atoms with van der Waals surface area (Å²) in [5.74, 6) is 1.13. The van der Waals surface area contributed by atoms with Crippen LogP contribution in [0.3, 0.4) is 0 Å². The molecule has 0 bridgehead atoms. The lowest BCUT2D eigenvalue weighted by molar-refractivity contribution is 0.973. The van der Waals surface area contributed by atoms with Gasteiger partial charge in [-0.05, 0) is 17.4 Å². The lowest BCUT2D eigenvalue weighted by atomic mass is 10.4. The Kier molecular flexibility index (Phi) is 5.86. The van der Waals surface area contributed by atoms with Crippen LogP contribution in [0.25, 0.3) is 0 Å². The Morgan fingerprint density at radius 2 is 2.22 bits per heavy atom. The third kappa shape index (κ3) is 7.84. The van der Waals surface area contributed by atoms with Crippen LogP contribution < -0.4 is 0 Å². The lowest BCUT2D eigenvalue weighted by Gasteiger charge is -2.00. The van der Waals surface area contributed by atoms with Gasteiger partial charge < -0.3 is 0 Å². The summed E-state index contributed by atoms with van der Waals surface area (Å²) in [5.41, 5.74) is 0. The first-order chi connectivity index (χ1) is 4.27. The van der Waals surface area contributed by atoms with Gasteiger partial charge in [0.1, 0.15) is 0 Å². The third-order valence-electron chi connectivity index (χ3n) is 0.884. The Balaban J connectivity index is 2.85. The molecule has 0 aliphatic carbocycles. The van der Waals surface area contributed by atoms with E-state index in [4.69, 9.17) is 5.26 Å². The third-order valence-corrected chi connectivity index (χ3v) is 2.08. The molecule has 0 heterocycles. The highest BCUT2D eigenvalue weighted by atomic mass is 32.2. The van der Waals surface area contributed by atoms with Crippen LogP contribution in [-0.2, 0) is 0 Å². The number of hydrogen-bond donors (Lipinski definition) is 0. The molecule has 0 aromatic heterocycles. The highest BCUT2D eigenvalue weighted by Gasteiger charge is 1.91. The Morgan fingerprint density at radius 1 is 1.56 bits per heavy atom. The van der Waals surface area contributed by atoms with Gasteiger partial charge >= 0.3 is 0 Å². The SMILES string of the molecule is CC(C)SCCCC#N. The molecule has 0 aromatic carbocycles. The van der Waals surface area contributed by atoms with Gasteiger partial charge in [0.25, 0.3) is 0 Å². The second-order valence-corrected chi connectivity index (χ2v) is 3.87. The molecule has 0 atom stereocenters. The van der Waals surface area contributed by atoms with Gasteiger partial charge in [-0.3, -0.25) is 0 Å². The second kappa shape index (κ2) is 5.97. The summed E-state index contributed by atoms with van der Waals surface area (Å²) in [5, 5.41) is 8.88. The lowest BCUT2D eigenvalue weighted by Crippen LogP contribution is -1.88. The summed E-state index contributed by atoms with van der Waals surface area (Å²) in [6.45, 7) is 4.36. The van der Waals surface area contributed by atoms with E-state index in [1.165, 1.54) is 0 Å². The van der Waals surface area contributed by atoms with E-state index in [2.05, 4.69) is 19.9 Å². The molecule has 0 radical (unpaired) electrons. The Labute approximate surface area is 61.4 Å². The molecule has 0 spiro atoms.